The van der Waals surface area contributed by atoms with Crippen molar-refractivity contribution in [2.75, 3.05) is 24.3 Å². The van der Waals surface area contributed by atoms with Crippen molar-refractivity contribution in [3.05, 3.63) is 12.3 Å². The van der Waals surface area contributed by atoms with Gasteiger partial charge in [-0.05, 0) is 18.9 Å². The van der Waals surface area contributed by atoms with E-state index in [1.165, 1.54) is 0 Å². The molecule has 0 bridgehead atoms. The zero-order valence-corrected chi connectivity index (χ0v) is 7.94. The zero-order chi connectivity index (χ0) is 9.80. The first kappa shape index (κ1) is 9.21. The molecule has 1 saturated heterocycles. The summed E-state index contributed by atoms with van der Waals surface area (Å²) in [6.45, 7) is 1.64. The smallest absolute Gasteiger partial charge is 0.221 e. The summed E-state index contributed by atoms with van der Waals surface area (Å²) in [5, 5.41) is 3.31. The van der Waals surface area contributed by atoms with Crippen LogP contribution in [0.4, 0.5) is 11.8 Å². The Morgan fingerprint density at radius 3 is 2.93 bits per heavy atom. The normalized spacial score (nSPS) is 18.0. The monoisotopic (exact) mass is 194 g/mol. The molecule has 0 amide bonds. The van der Waals surface area contributed by atoms with Gasteiger partial charge in [0.1, 0.15) is 5.82 Å². The fourth-order valence-electron chi connectivity index (χ4n) is 1.51. The molecule has 0 aromatic carbocycles. The Morgan fingerprint density at radius 2 is 2.21 bits per heavy atom. The Balaban J connectivity index is 1.95. The number of aromatic nitrogens is 2. The molecule has 5 nitrogen and oxygen atoms in total. The SMILES string of the molecule is Nc1nccc(NC2CCOCC2)n1. The third-order valence-electron chi connectivity index (χ3n) is 2.25. The summed E-state index contributed by atoms with van der Waals surface area (Å²) < 4.78 is 5.26. The van der Waals surface area contributed by atoms with E-state index >= 15 is 0 Å². The third kappa shape index (κ3) is 2.32. The van der Waals surface area contributed by atoms with Gasteiger partial charge in [0.25, 0.3) is 0 Å². The van der Waals surface area contributed by atoms with Gasteiger partial charge in [-0.1, -0.05) is 0 Å². The van der Waals surface area contributed by atoms with E-state index in [2.05, 4.69) is 15.3 Å². The van der Waals surface area contributed by atoms with Gasteiger partial charge in [-0.2, -0.15) is 4.98 Å². The predicted molar refractivity (Wildman–Crippen MR) is 53.9 cm³/mol. The van der Waals surface area contributed by atoms with Gasteiger partial charge in [0.2, 0.25) is 5.95 Å². The lowest BCUT2D eigenvalue weighted by Crippen LogP contribution is -2.28. The second-order valence-corrected chi connectivity index (χ2v) is 3.33. The summed E-state index contributed by atoms with van der Waals surface area (Å²) in [5.74, 6) is 1.10. The van der Waals surface area contributed by atoms with Gasteiger partial charge in [-0.25, -0.2) is 4.98 Å². The number of hydrogen-bond donors (Lipinski definition) is 2. The van der Waals surface area contributed by atoms with Gasteiger partial charge in [0.15, 0.2) is 0 Å². The lowest BCUT2D eigenvalue weighted by atomic mass is 10.1. The topological polar surface area (TPSA) is 73.1 Å². The highest BCUT2D eigenvalue weighted by Crippen LogP contribution is 2.12. The molecule has 0 unspecified atom stereocenters. The van der Waals surface area contributed by atoms with Crippen LogP contribution in [0.2, 0.25) is 0 Å². The molecule has 1 aliphatic heterocycles. The highest BCUT2D eigenvalue weighted by Gasteiger charge is 2.13. The quantitative estimate of drug-likeness (QED) is 0.723. The molecule has 76 valence electrons. The summed E-state index contributed by atoms with van der Waals surface area (Å²) in [4.78, 5) is 7.92. The van der Waals surface area contributed by atoms with Crippen molar-refractivity contribution < 1.29 is 4.74 Å². The van der Waals surface area contributed by atoms with Crippen molar-refractivity contribution in [2.45, 2.75) is 18.9 Å². The van der Waals surface area contributed by atoms with Crippen LogP contribution in [0, 0.1) is 0 Å². The molecule has 0 radical (unpaired) electrons. The molecule has 1 aromatic rings. The van der Waals surface area contributed by atoms with Crippen molar-refractivity contribution >= 4 is 11.8 Å². The second-order valence-electron chi connectivity index (χ2n) is 3.33. The molecular formula is C9H14N4O. The van der Waals surface area contributed by atoms with E-state index < -0.39 is 0 Å². The van der Waals surface area contributed by atoms with Crippen LogP contribution in [0.1, 0.15) is 12.8 Å². The van der Waals surface area contributed by atoms with E-state index in [4.69, 9.17) is 10.5 Å². The lowest BCUT2D eigenvalue weighted by molar-refractivity contribution is 0.0904. The molecule has 1 aliphatic rings. The Morgan fingerprint density at radius 1 is 1.43 bits per heavy atom. The molecule has 2 rings (SSSR count). The first-order valence-corrected chi connectivity index (χ1v) is 4.77. The van der Waals surface area contributed by atoms with Crippen LogP contribution >= 0.6 is 0 Å². The van der Waals surface area contributed by atoms with Crippen LogP contribution < -0.4 is 11.1 Å². The minimum atomic E-state index is 0.307. The largest absolute Gasteiger partial charge is 0.381 e. The van der Waals surface area contributed by atoms with Gasteiger partial charge >= 0.3 is 0 Å². The number of anilines is 2. The molecule has 0 spiro atoms. The number of nitrogens with two attached hydrogens (primary N) is 1. The minimum Gasteiger partial charge on any atom is -0.381 e. The summed E-state index contributed by atoms with van der Waals surface area (Å²) in [6, 6.07) is 2.27. The van der Waals surface area contributed by atoms with Crippen LogP contribution in [0.15, 0.2) is 12.3 Å². The molecule has 5 heteroatoms. The molecule has 2 heterocycles. The maximum absolute atomic E-state index is 5.48. The van der Waals surface area contributed by atoms with Gasteiger partial charge < -0.3 is 15.8 Å². The van der Waals surface area contributed by atoms with Crippen LogP contribution in [0.3, 0.4) is 0 Å². The first-order valence-electron chi connectivity index (χ1n) is 4.77. The maximum atomic E-state index is 5.48. The van der Waals surface area contributed by atoms with Crippen molar-refractivity contribution in [3.63, 3.8) is 0 Å². The number of ether oxygens (including phenoxy) is 1. The van der Waals surface area contributed by atoms with Crippen molar-refractivity contribution in [3.8, 4) is 0 Å². The van der Waals surface area contributed by atoms with E-state index in [0.29, 0.717) is 12.0 Å². The Labute approximate surface area is 82.7 Å². The number of hydrogen-bond acceptors (Lipinski definition) is 5. The Hall–Kier alpha value is -1.36. The summed E-state index contributed by atoms with van der Waals surface area (Å²) in [6.07, 6.45) is 3.69. The fourth-order valence-corrected chi connectivity index (χ4v) is 1.51. The van der Waals surface area contributed by atoms with E-state index in [-0.39, 0.29) is 0 Å². The van der Waals surface area contributed by atoms with Crippen LogP contribution in [0.5, 0.6) is 0 Å². The molecule has 0 aliphatic carbocycles. The van der Waals surface area contributed by atoms with Crippen LogP contribution in [-0.4, -0.2) is 29.2 Å². The molecule has 1 aromatic heterocycles. The molecule has 0 saturated carbocycles. The Kier molecular flexibility index (Phi) is 2.78. The number of nitrogen functional groups attached to an aromatic ring is 1. The molecule has 0 atom stereocenters. The Bertz CT molecular complexity index is 299. The zero-order valence-electron chi connectivity index (χ0n) is 7.94. The molecule has 1 fully saturated rings. The average molecular weight is 194 g/mol. The molecule has 3 N–H and O–H groups in total. The van der Waals surface area contributed by atoms with E-state index in [1.807, 2.05) is 6.07 Å². The van der Waals surface area contributed by atoms with E-state index in [9.17, 15) is 0 Å². The van der Waals surface area contributed by atoms with Crippen molar-refractivity contribution in [1.29, 1.82) is 0 Å². The van der Waals surface area contributed by atoms with E-state index in [0.717, 1.165) is 31.9 Å². The van der Waals surface area contributed by atoms with Gasteiger partial charge in [-0.15, -0.1) is 0 Å². The lowest BCUT2D eigenvalue weighted by Gasteiger charge is -2.23. The number of nitrogens with zero attached hydrogens (tertiary/aromatic N) is 2. The van der Waals surface area contributed by atoms with Gasteiger partial charge in [0.05, 0.1) is 0 Å². The predicted octanol–water partition coefficient (Wildman–Crippen LogP) is 0.650. The highest BCUT2D eigenvalue weighted by molar-refractivity contribution is 5.38. The highest BCUT2D eigenvalue weighted by atomic mass is 16.5. The third-order valence-corrected chi connectivity index (χ3v) is 2.25. The van der Waals surface area contributed by atoms with Crippen molar-refractivity contribution in [2.24, 2.45) is 0 Å². The summed E-state index contributed by atoms with van der Waals surface area (Å²) in [5.41, 5.74) is 5.48. The van der Waals surface area contributed by atoms with E-state index in [1.54, 1.807) is 6.20 Å². The minimum absolute atomic E-state index is 0.307. The maximum Gasteiger partial charge on any atom is 0.221 e. The second kappa shape index (κ2) is 4.23. The fraction of sp³-hybridized carbons (Fsp3) is 0.556. The number of nitrogens with one attached hydrogen (secondary N) is 1. The van der Waals surface area contributed by atoms with Crippen LogP contribution in [-0.2, 0) is 4.74 Å². The van der Waals surface area contributed by atoms with Crippen LogP contribution in [0.25, 0.3) is 0 Å². The molecule has 14 heavy (non-hydrogen) atoms. The van der Waals surface area contributed by atoms with Gasteiger partial charge in [-0.3, -0.25) is 0 Å². The summed E-state index contributed by atoms with van der Waals surface area (Å²) >= 11 is 0. The first-order chi connectivity index (χ1) is 6.84. The summed E-state index contributed by atoms with van der Waals surface area (Å²) in [7, 11) is 0. The standard InChI is InChI=1S/C9H14N4O/c10-9-11-4-1-8(13-9)12-7-2-5-14-6-3-7/h1,4,7H,2-3,5-6H2,(H3,10,11,12,13). The van der Waals surface area contributed by atoms with Gasteiger partial charge in [0, 0.05) is 25.5 Å². The van der Waals surface area contributed by atoms with Crippen molar-refractivity contribution in [1.82, 2.24) is 9.97 Å². The molecular weight excluding hydrogens is 180 g/mol. The average Bonchev–Trinajstić information content (AvgIpc) is 2.19. The number of rotatable bonds is 2.